The van der Waals surface area contributed by atoms with Crippen LogP contribution in [0.15, 0.2) is 0 Å². The molecule has 112 valence electrons. The molecule has 20 heavy (non-hydrogen) atoms. The minimum absolute atomic E-state index is 0.148. The molecule has 2 unspecified atom stereocenters. The molecule has 0 radical (unpaired) electrons. The smallest absolute Gasteiger partial charge is 0.230 e. The summed E-state index contributed by atoms with van der Waals surface area (Å²) in [6.07, 6.45) is 3.86. The molecule has 1 aliphatic rings. The van der Waals surface area contributed by atoms with E-state index < -0.39 is 5.60 Å². The lowest BCUT2D eigenvalue weighted by Gasteiger charge is -2.35. The first-order chi connectivity index (χ1) is 9.38. The van der Waals surface area contributed by atoms with Gasteiger partial charge >= 0.3 is 0 Å². The maximum atomic E-state index is 10.6. The Labute approximate surface area is 124 Å². The van der Waals surface area contributed by atoms with E-state index in [2.05, 4.69) is 27.2 Å². The van der Waals surface area contributed by atoms with Crippen molar-refractivity contribution in [3.63, 3.8) is 0 Å². The van der Waals surface area contributed by atoms with E-state index in [4.69, 9.17) is 11.6 Å². The van der Waals surface area contributed by atoms with Crippen molar-refractivity contribution in [1.29, 1.82) is 0 Å². The molecule has 1 saturated carbocycles. The fraction of sp³-hybridized carbons (Fsp3) is 0.769. The van der Waals surface area contributed by atoms with E-state index in [1.165, 1.54) is 6.42 Å². The summed E-state index contributed by atoms with van der Waals surface area (Å²) in [7, 11) is 3.68. The molecule has 0 aliphatic heterocycles. The Morgan fingerprint density at radius 3 is 2.80 bits per heavy atom. The first-order valence-electron chi connectivity index (χ1n) is 6.93. The third-order valence-electron chi connectivity index (χ3n) is 3.64. The van der Waals surface area contributed by atoms with Gasteiger partial charge in [-0.1, -0.05) is 19.8 Å². The van der Waals surface area contributed by atoms with Crippen molar-refractivity contribution in [2.45, 2.75) is 38.2 Å². The van der Waals surface area contributed by atoms with Gasteiger partial charge < -0.3 is 15.3 Å². The number of aromatic nitrogens is 3. The van der Waals surface area contributed by atoms with Gasteiger partial charge in [0.05, 0.1) is 5.60 Å². The minimum Gasteiger partial charge on any atom is -0.388 e. The van der Waals surface area contributed by atoms with E-state index in [1.54, 1.807) is 4.90 Å². The Morgan fingerprint density at radius 2 is 2.15 bits per heavy atom. The van der Waals surface area contributed by atoms with Crippen molar-refractivity contribution in [3.05, 3.63) is 5.28 Å². The molecule has 1 aromatic heterocycles. The Morgan fingerprint density at radius 1 is 1.40 bits per heavy atom. The van der Waals surface area contributed by atoms with Crippen LogP contribution in [0.1, 0.15) is 32.6 Å². The number of hydrogen-bond acceptors (Lipinski definition) is 6. The van der Waals surface area contributed by atoms with Crippen LogP contribution in [0.5, 0.6) is 0 Å². The summed E-state index contributed by atoms with van der Waals surface area (Å²) in [6, 6.07) is 0. The van der Waals surface area contributed by atoms with Gasteiger partial charge in [-0.3, -0.25) is 0 Å². The quantitative estimate of drug-likeness (QED) is 0.885. The number of aliphatic hydroxyl groups is 1. The molecule has 0 saturated heterocycles. The molecule has 0 spiro atoms. The highest BCUT2D eigenvalue weighted by molar-refractivity contribution is 6.28. The van der Waals surface area contributed by atoms with Gasteiger partial charge in [-0.05, 0) is 30.4 Å². The van der Waals surface area contributed by atoms with Crippen molar-refractivity contribution in [1.82, 2.24) is 15.0 Å². The number of hydrogen-bond donors (Lipinski definition) is 2. The van der Waals surface area contributed by atoms with E-state index >= 15 is 0 Å². The zero-order valence-electron chi connectivity index (χ0n) is 12.2. The van der Waals surface area contributed by atoms with Crippen LogP contribution in [0.2, 0.25) is 5.28 Å². The maximum Gasteiger partial charge on any atom is 0.230 e. The molecule has 0 bridgehead atoms. The van der Waals surface area contributed by atoms with E-state index in [0.717, 1.165) is 19.3 Å². The van der Waals surface area contributed by atoms with Gasteiger partial charge in [-0.2, -0.15) is 15.0 Å². The highest BCUT2D eigenvalue weighted by Gasteiger charge is 2.32. The van der Waals surface area contributed by atoms with Crippen LogP contribution in [-0.2, 0) is 0 Å². The van der Waals surface area contributed by atoms with E-state index in [0.29, 0.717) is 24.4 Å². The molecule has 2 rings (SSSR count). The van der Waals surface area contributed by atoms with Gasteiger partial charge in [0, 0.05) is 20.6 Å². The highest BCUT2D eigenvalue weighted by Crippen LogP contribution is 2.32. The fourth-order valence-corrected chi connectivity index (χ4v) is 2.81. The van der Waals surface area contributed by atoms with Crippen molar-refractivity contribution < 1.29 is 5.11 Å². The normalized spacial score (nSPS) is 26.4. The topological polar surface area (TPSA) is 74.2 Å². The predicted octanol–water partition coefficient (Wildman–Crippen LogP) is 1.94. The van der Waals surface area contributed by atoms with E-state index in [1.807, 2.05) is 14.1 Å². The van der Waals surface area contributed by atoms with Gasteiger partial charge in [0.1, 0.15) is 0 Å². The summed E-state index contributed by atoms with van der Waals surface area (Å²) in [5, 5.41) is 13.8. The molecular weight excluding hydrogens is 278 g/mol. The lowest BCUT2D eigenvalue weighted by atomic mass is 9.79. The first-order valence-corrected chi connectivity index (χ1v) is 7.31. The van der Waals surface area contributed by atoms with Crippen LogP contribution in [0.25, 0.3) is 0 Å². The average Bonchev–Trinajstić information content (AvgIpc) is 2.35. The summed E-state index contributed by atoms with van der Waals surface area (Å²) >= 11 is 5.88. The van der Waals surface area contributed by atoms with Gasteiger partial charge in [-0.15, -0.1) is 0 Å². The molecule has 0 aromatic carbocycles. The zero-order valence-corrected chi connectivity index (χ0v) is 13.0. The largest absolute Gasteiger partial charge is 0.388 e. The minimum atomic E-state index is -0.685. The molecule has 1 aliphatic carbocycles. The molecule has 1 fully saturated rings. The lowest BCUT2D eigenvalue weighted by molar-refractivity contribution is -0.000899. The van der Waals surface area contributed by atoms with Crippen molar-refractivity contribution >= 4 is 23.5 Å². The second-order valence-corrected chi connectivity index (χ2v) is 6.24. The summed E-state index contributed by atoms with van der Waals surface area (Å²) in [4.78, 5) is 14.1. The number of anilines is 2. The first kappa shape index (κ1) is 15.3. The molecule has 1 aromatic rings. The van der Waals surface area contributed by atoms with E-state index in [9.17, 15) is 5.11 Å². The van der Waals surface area contributed by atoms with Crippen LogP contribution in [-0.4, -0.2) is 46.3 Å². The Hall–Kier alpha value is -1.14. The Kier molecular flexibility index (Phi) is 4.65. The van der Waals surface area contributed by atoms with Crippen LogP contribution in [0.3, 0.4) is 0 Å². The summed E-state index contributed by atoms with van der Waals surface area (Å²) in [5.74, 6) is 1.45. The molecule has 7 heteroatoms. The molecule has 6 nitrogen and oxygen atoms in total. The number of rotatable bonds is 4. The van der Waals surface area contributed by atoms with Crippen LogP contribution < -0.4 is 10.2 Å². The van der Waals surface area contributed by atoms with Crippen molar-refractivity contribution in [3.8, 4) is 0 Å². The molecule has 2 N–H and O–H groups in total. The summed E-state index contributed by atoms with van der Waals surface area (Å²) in [6.45, 7) is 2.61. The van der Waals surface area contributed by atoms with E-state index in [-0.39, 0.29) is 5.28 Å². The lowest BCUT2D eigenvalue weighted by Crippen LogP contribution is -2.41. The predicted molar refractivity (Wildman–Crippen MR) is 80.2 cm³/mol. The molecule has 1 heterocycles. The van der Waals surface area contributed by atoms with Crippen molar-refractivity contribution in [2.75, 3.05) is 30.9 Å². The Bertz CT molecular complexity index is 470. The maximum absolute atomic E-state index is 10.6. The summed E-state index contributed by atoms with van der Waals surface area (Å²) < 4.78 is 0. The SMILES string of the molecule is CC1CCCC(O)(CNc2nc(Cl)nc(N(C)C)n2)C1. The van der Waals surface area contributed by atoms with Crippen LogP contribution in [0.4, 0.5) is 11.9 Å². The number of halogens is 1. The average molecular weight is 300 g/mol. The van der Waals surface area contributed by atoms with Crippen LogP contribution >= 0.6 is 11.6 Å². The highest BCUT2D eigenvalue weighted by atomic mass is 35.5. The second-order valence-electron chi connectivity index (χ2n) is 5.90. The molecule has 2 atom stereocenters. The molecular formula is C13H22ClN5O. The third kappa shape index (κ3) is 3.93. The third-order valence-corrected chi connectivity index (χ3v) is 3.81. The van der Waals surface area contributed by atoms with Crippen molar-refractivity contribution in [2.24, 2.45) is 5.92 Å². The van der Waals surface area contributed by atoms with Crippen LogP contribution in [0, 0.1) is 5.92 Å². The number of nitrogens with one attached hydrogen (secondary N) is 1. The summed E-state index contributed by atoms with van der Waals surface area (Å²) in [5.41, 5.74) is -0.685. The zero-order chi connectivity index (χ0) is 14.8. The Balaban J connectivity index is 2.03. The van der Waals surface area contributed by atoms with Gasteiger partial charge in [-0.25, -0.2) is 0 Å². The fourth-order valence-electron chi connectivity index (χ4n) is 2.66. The van der Waals surface area contributed by atoms with Gasteiger partial charge in [0.25, 0.3) is 0 Å². The van der Waals surface area contributed by atoms with Gasteiger partial charge in [0.2, 0.25) is 17.2 Å². The number of nitrogens with zero attached hydrogens (tertiary/aromatic N) is 4. The van der Waals surface area contributed by atoms with Gasteiger partial charge in [0.15, 0.2) is 0 Å². The second kappa shape index (κ2) is 6.10. The standard InChI is InChI=1S/C13H22ClN5O/c1-9-5-4-6-13(20,7-9)8-15-11-16-10(14)17-12(18-11)19(2)3/h9,20H,4-8H2,1-3H3,(H,15,16,17,18). The monoisotopic (exact) mass is 299 g/mol. The molecule has 0 amide bonds.